The number of nitrogens with two attached hydrogens (primary N) is 1. The Hall–Kier alpha value is -1.82. The summed E-state index contributed by atoms with van der Waals surface area (Å²) in [5.74, 6) is -0.523. The Bertz CT molecular complexity index is 797. The van der Waals surface area contributed by atoms with Crippen LogP contribution in [0.4, 0.5) is 10.1 Å². The quantitative estimate of drug-likeness (QED) is 0.707. The van der Waals surface area contributed by atoms with Gasteiger partial charge in [0.25, 0.3) is 5.91 Å². The normalized spacial score (nSPS) is 12.0. The fourth-order valence-electron chi connectivity index (χ4n) is 2.71. The Kier molecular flexibility index (Phi) is 7.48. The average Bonchev–Trinajstić information content (AvgIpc) is 2.62. The maximum atomic E-state index is 13.7. The van der Waals surface area contributed by atoms with Gasteiger partial charge in [-0.15, -0.1) is 0 Å². The predicted molar refractivity (Wildman–Crippen MR) is 109 cm³/mol. The van der Waals surface area contributed by atoms with Crippen LogP contribution in [0.3, 0.4) is 0 Å². The molecule has 0 fully saturated rings. The molecule has 0 aliphatic carbocycles. The highest BCUT2D eigenvalue weighted by atomic mass is 35.5. The van der Waals surface area contributed by atoms with Crippen molar-refractivity contribution in [3.8, 4) is 0 Å². The Morgan fingerprint density at radius 3 is 2.33 bits per heavy atom. The molecule has 0 saturated carbocycles. The predicted octanol–water partition coefficient (Wildman–Crippen LogP) is 3.48. The van der Waals surface area contributed by atoms with E-state index in [1.165, 1.54) is 12.1 Å². The number of likely N-dealkylation sites (N-methyl/N-ethyl adjacent to an activating group) is 1. The third-order valence-electron chi connectivity index (χ3n) is 4.47. The first-order chi connectivity index (χ1) is 12.7. The molecule has 1 amide bonds. The molecule has 2 rings (SSSR count). The number of rotatable bonds is 7. The van der Waals surface area contributed by atoms with Crippen molar-refractivity contribution in [1.82, 2.24) is 4.90 Å². The molecule has 0 radical (unpaired) electrons. The standard InChI is InChI=1S/C20H24Cl2FN3O/c1-13(16-9-19(23)18(22)10-17(16)21)24-11-20(27)26(4)12-14-5-7-15(8-6-14)25(2)3/h5-10,13,24H,11-12H2,1-4H3/p+1/t13-/m0/s1. The summed E-state index contributed by atoms with van der Waals surface area (Å²) in [6, 6.07) is 10.6. The molecule has 27 heavy (non-hydrogen) atoms. The molecule has 0 unspecified atom stereocenters. The van der Waals surface area contributed by atoms with Crippen LogP contribution in [0, 0.1) is 5.82 Å². The number of halogens is 3. The van der Waals surface area contributed by atoms with Gasteiger partial charge in [0, 0.05) is 38.9 Å². The van der Waals surface area contributed by atoms with E-state index in [2.05, 4.69) is 0 Å². The molecule has 1 atom stereocenters. The highest BCUT2D eigenvalue weighted by Crippen LogP contribution is 2.27. The van der Waals surface area contributed by atoms with E-state index in [9.17, 15) is 9.18 Å². The molecule has 0 aliphatic rings. The molecule has 2 N–H and O–H groups in total. The van der Waals surface area contributed by atoms with Gasteiger partial charge in [-0.3, -0.25) is 4.79 Å². The van der Waals surface area contributed by atoms with E-state index < -0.39 is 5.82 Å². The summed E-state index contributed by atoms with van der Waals surface area (Å²) in [5.41, 5.74) is 2.79. The first-order valence-electron chi connectivity index (χ1n) is 8.67. The number of nitrogens with zero attached hydrogens (tertiary/aromatic N) is 2. The van der Waals surface area contributed by atoms with Crippen LogP contribution in [-0.2, 0) is 11.3 Å². The Balaban J connectivity index is 1.91. The number of hydrogen-bond donors (Lipinski definition) is 1. The van der Waals surface area contributed by atoms with Gasteiger partial charge in [-0.2, -0.15) is 0 Å². The van der Waals surface area contributed by atoms with E-state index in [0.29, 0.717) is 17.1 Å². The highest BCUT2D eigenvalue weighted by Gasteiger charge is 2.19. The van der Waals surface area contributed by atoms with Crippen molar-refractivity contribution in [2.45, 2.75) is 19.5 Å². The molecule has 0 spiro atoms. The second-order valence-corrected chi connectivity index (χ2v) is 7.64. The second-order valence-electron chi connectivity index (χ2n) is 6.83. The summed E-state index contributed by atoms with van der Waals surface area (Å²) in [4.78, 5) is 16.1. The van der Waals surface area contributed by atoms with Gasteiger partial charge >= 0.3 is 0 Å². The van der Waals surface area contributed by atoms with Crippen LogP contribution >= 0.6 is 23.2 Å². The molecule has 4 nitrogen and oxygen atoms in total. The molecule has 0 bridgehead atoms. The number of carbonyl (C=O) groups is 1. The van der Waals surface area contributed by atoms with Crippen molar-refractivity contribution in [3.05, 3.63) is 63.4 Å². The molecule has 2 aromatic rings. The van der Waals surface area contributed by atoms with Gasteiger partial charge in [0.05, 0.1) is 10.0 Å². The van der Waals surface area contributed by atoms with Crippen LogP contribution in [0.25, 0.3) is 0 Å². The number of quaternary nitrogens is 1. The van der Waals surface area contributed by atoms with Crippen molar-refractivity contribution < 1.29 is 14.5 Å². The lowest BCUT2D eigenvalue weighted by atomic mass is 10.1. The summed E-state index contributed by atoms with van der Waals surface area (Å²) in [6.45, 7) is 2.65. The zero-order valence-corrected chi connectivity index (χ0v) is 17.5. The summed E-state index contributed by atoms with van der Waals surface area (Å²) in [7, 11) is 5.75. The van der Waals surface area contributed by atoms with Gasteiger partial charge in [-0.25, -0.2) is 4.39 Å². The minimum atomic E-state index is -0.513. The maximum Gasteiger partial charge on any atom is 0.277 e. The maximum absolute atomic E-state index is 13.7. The SMILES string of the molecule is C[C@H]([NH2+]CC(=O)N(C)Cc1ccc(N(C)C)cc1)c1cc(F)c(Cl)cc1Cl. The van der Waals surface area contributed by atoms with Crippen molar-refractivity contribution in [2.75, 3.05) is 32.6 Å². The summed E-state index contributed by atoms with van der Waals surface area (Å²) in [6.07, 6.45) is 0. The Morgan fingerprint density at radius 1 is 1.11 bits per heavy atom. The minimum absolute atomic E-state index is 0.00737. The molecular formula is C20H25Cl2FN3O+. The molecular weight excluding hydrogens is 388 g/mol. The molecule has 0 aliphatic heterocycles. The first kappa shape index (κ1) is 21.5. The van der Waals surface area contributed by atoms with E-state index in [1.54, 1.807) is 11.9 Å². The van der Waals surface area contributed by atoms with Crippen LogP contribution in [0.2, 0.25) is 10.0 Å². The topological polar surface area (TPSA) is 40.2 Å². The van der Waals surface area contributed by atoms with Crippen LogP contribution < -0.4 is 10.2 Å². The number of benzene rings is 2. The first-order valence-corrected chi connectivity index (χ1v) is 9.42. The van der Waals surface area contributed by atoms with Crippen molar-refractivity contribution >= 4 is 34.8 Å². The van der Waals surface area contributed by atoms with E-state index in [1.807, 2.05) is 55.5 Å². The summed E-state index contributed by atoms with van der Waals surface area (Å²) >= 11 is 11.9. The number of amides is 1. The monoisotopic (exact) mass is 412 g/mol. The lowest BCUT2D eigenvalue weighted by Crippen LogP contribution is -2.87. The average molecular weight is 413 g/mol. The fourth-order valence-corrected chi connectivity index (χ4v) is 3.26. The molecule has 0 saturated heterocycles. The zero-order chi connectivity index (χ0) is 20.1. The molecule has 2 aromatic carbocycles. The van der Waals surface area contributed by atoms with Crippen molar-refractivity contribution in [1.29, 1.82) is 0 Å². The lowest BCUT2D eigenvalue weighted by Gasteiger charge is -2.19. The summed E-state index contributed by atoms with van der Waals surface area (Å²) in [5, 5.41) is 2.22. The zero-order valence-electron chi connectivity index (χ0n) is 16.0. The Morgan fingerprint density at radius 2 is 1.74 bits per heavy atom. The highest BCUT2D eigenvalue weighted by molar-refractivity contribution is 6.35. The van der Waals surface area contributed by atoms with Crippen LogP contribution in [0.15, 0.2) is 36.4 Å². The Labute approximate surface area is 169 Å². The number of anilines is 1. The molecule has 146 valence electrons. The molecule has 7 heteroatoms. The molecule has 0 heterocycles. The van der Waals surface area contributed by atoms with Gasteiger partial charge < -0.3 is 15.1 Å². The van der Waals surface area contributed by atoms with Crippen molar-refractivity contribution in [2.24, 2.45) is 0 Å². The molecule has 0 aromatic heterocycles. The van der Waals surface area contributed by atoms with Crippen LogP contribution in [-0.4, -0.2) is 38.5 Å². The fraction of sp³-hybridized carbons (Fsp3) is 0.350. The van der Waals surface area contributed by atoms with E-state index in [4.69, 9.17) is 23.2 Å². The van der Waals surface area contributed by atoms with E-state index in [-0.39, 0.29) is 23.5 Å². The third-order valence-corrected chi connectivity index (χ3v) is 5.09. The van der Waals surface area contributed by atoms with E-state index in [0.717, 1.165) is 11.3 Å². The van der Waals surface area contributed by atoms with Crippen LogP contribution in [0.5, 0.6) is 0 Å². The van der Waals surface area contributed by atoms with Gasteiger partial charge in [0.1, 0.15) is 11.9 Å². The van der Waals surface area contributed by atoms with Gasteiger partial charge in [-0.05, 0) is 36.8 Å². The smallest absolute Gasteiger partial charge is 0.277 e. The largest absolute Gasteiger partial charge is 0.378 e. The van der Waals surface area contributed by atoms with Crippen molar-refractivity contribution in [3.63, 3.8) is 0 Å². The number of hydrogen-bond acceptors (Lipinski definition) is 2. The van der Waals surface area contributed by atoms with Crippen LogP contribution in [0.1, 0.15) is 24.1 Å². The minimum Gasteiger partial charge on any atom is -0.378 e. The third kappa shape index (κ3) is 5.83. The second kappa shape index (κ2) is 9.40. The lowest BCUT2D eigenvalue weighted by molar-refractivity contribution is -0.683. The van der Waals surface area contributed by atoms with E-state index >= 15 is 0 Å². The van der Waals surface area contributed by atoms with Gasteiger partial charge in [-0.1, -0.05) is 35.3 Å². The summed E-state index contributed by atoms with van der Waals surface area (Å²) < 4.78 is 13.7. The van der Waals surface area contributed by atoms with Gasteiger partial charge in [0.2, 0.25) is 0 Å². The number of carbonyl (C=O) groups excluding carboxylic acids is 1. The van der Waals surface area contributed by atoms with Gasteiger partial charge in [0.15, 0.2) is 6.54 Å².